The van der Waals surface area contributed by atoms with Crippen LogP contribution in [0.5, 0.6) is 5.75 Å². The number of ether oxygens (including phenoxy) is 1. The third-order valence-electron chi connectivity index (χ3n) is 3.17. The topological polar surface area (TPSA) is 49.9 Å². The Labute approximate surface area is 100 Å². The fourth-order valence-corrected chi connectivity index (χ4v) is 2.32. The minimum absolute atomic E-state index is 0.156. The van der Waals surface area contributed by atoms with Crippen LogP contribution in [-0.4, -0.2) is 23.9 Å². The predicted octanol–water partition coefficient (Wildman–Crippen LogP) is 1.65. The molecule has 2 N–H and O–H groups in total. The van der Waals surface area contributed by atoms with Crippen molar-refractivity contribution in [2.75, 3.05) is 13.7 Å². The molecule has 0 aliphatic carbocycles. The van der Waals surface area contributed by atoms with Crippen LogP contribution in [0.25, 0.3) is 0 Å². The van der Waals surface area contributed by atoms with E-state index >= 15 is 0 Å². The predicted molar refractivity (Wildman–Crippen MR) is 65.1 cm³/mol. The molecular weight excluding hydrogens is 214 g/mol. The third-order valence-corrected chi connectivity index (χ3v) is 3.17. The highest BCUT2D eigenvalue weighted by atomic mass is 16.5. The summed E-state index contributed by atoms with van der Waals surface area (Å²) in [6.07, 6.45) is 2.78. The van der Waals surface area contributed by atoms with Gasteiger partial charge in [0.05, 0.1) is 18.3 Å². The Morgan fingerprint density at radius 3 is 3.12 bits per heavy atom. The molecule has 1 unspecified atom stereocenters. The van der Waals surface area contributed by atoms with Crippen LogP contribution in [0.2, 0.25) is 0 Å². The number of aromatic amines is 1. The monoisotopic (exact) mass is 229 g/mol. The number of benzene rings is 1. The van der Waals surface area contributed by atoms with E-state index in [-0.39, 0.29) is 6.04 Å². The van der Waals surface area contributed by atoms with Gasteiger partial charge in [0.1, 0.15) is 5.75 Å². The molecule has 0 fully saturated rings. The van der Waals surface area contributed by atoms with E-state index in [0.717, 1.165) is 24.5 Å². The molecule has 17 heavy (non-hydrogen) atoms. The fraction of sp³-hybridized carbons (Fsp3) is 0.308. The van der Waals surface area contributed by atoms with Crippen molar-refractivity contribution in [2.45, 2.75) is 12.5 Å². The van der Waals surface area contributed by atoms with Gasteiger partial charge < -0.3 is 10.1 Å². The summed E-state index contributed by atoms with van der Waals surface area (Å²) in [7, 11) is 1.95. The number of fused-ring (bicyclic) bond motifs is 1. The molecule has 0 amide bonds. The van der Waals surface area contributed by atoms with Gasteiger partial charge in [0.15, 0.2) is 0 Å². The average molecular weight is 229 g/mol. The Morgan fingerprint density at radius 1 is 1.41 bits per heavy atom. The molecule has 1 atom stereocenters. The van der Waals surface area contributed by atoms with Gasteiger partial charge in [-0.2, -0.15) is 5.10 Å². The highest BCUT2D eigenvalue weighted by molar-refractivity contribution is 5.42. The molecular formula is C13H15N3O. The van der Waals surface area contributed by atoms with Gasteiger partial charge >= 0.3 is 0 Å². The summed E-state index contributed by atoms with van der Waals surface area (Å²) >= 11 is 0. The first-order valence-electron chi connectivity index (χ1n) is 5.80. The molecule has 0 spiro atoms. The summed E-state index contributed by atoms with van der Waals surface area (Å²) in [6, 6.07) is 8.52. The van der Waals surface area contributed by atoms with Crippen LogP contribution in [0.3, 0.4) is 0 Å². The van der Waals surface area contributed by atoms with Crippen LogP contribution >= 0.6 is 0 Å². The van der Waals surface area contributed by atoms with E-state index in [1.807, 2.05) is 13.1 Å². The third kappa shape index (κ3) is 1.80. The van der Waals surface area contributed by atoms with Crippen LogP contribution in [0, 0.1) is 0 Å². The second kappa shape index (κ2) is 4.22. The summed E-state index contributed by atoms with van der Waals surface area (Å²) in [5, 5.41) is 10.3. The maximum absolute atomic E-state index is 5.52. The fourth-order valence-electron chi connectivity index (χ4n) is 2.32. The van der Waals surface area contributed by atoms with E-state index in [1.54, 1.807) is 6.20 Å². The van der Waals surface area contributed by atoms with E-state index in [4.69, 9.17) is 4.74 Å². The maximum atomic E-state index is 5.52. The van der Waals surface area contributed by atoms with E-state index in [9.17, 15) is 0 Å². The lowest BCUT2D eigenvalue weighted by Gasteiger charge is -2.15. The summed E-state index contributed by atoms with van der Waals surface area (Å²) in [6.45, 7) is 0.799. The van der Waals surface area contributed by atoms with E-state index in [2.05, 4.69) is 33.7 Å². The smallest absolute Gasteiger partial charge is 0.122 e. The van der Waals surface area contributed by atoms with Crippen LogP contribution in [-0.2, 0) is 6.42 Å². The quantitative estimate of drug-likeness (QED) is 0.841. The molecule has 1 aromatic carbocycles. The van der Waals surface area contributed by atoms with Gasteiger partial charge in [-0.15, -0.1) is 0 Å². The van der Waals surface area contributed by atoms with Gasteiger partial charge in [-0.3, -0.25) is 5.10 Å². The molecule has 88 valence electrons. The van der Waals surface area contributed by atoms with E-state index in [0.29, 0.717) is 0 Å². The first kappa shape index (κ1) is 10.4. The molecule has 0 radical (unpaired) electrons. The molecule has 3 rings (SSSR count). The van der Waals surface area contributed by atoms with E-state index < -0.39 is 0 Å². The average Bonchev–Trinajstić information content (AvgIpc) is 2.99. The Kier molecular flexibility index (Phi) is 2.57. The van der Waals surface area contributed by atoms with Gasteiger partial charge in [-0.05, 0) is 30.3 Å². The van der Waals surface area contributed by atoms with Crippen molar-refractivity contribution in [1.29, 1.82) is 0 Å². The largest absolute Gasteiger partial charge is 0.493 e. The number of hydrogen-bond acceptors (Lipinski definition) is 3. The van der Waals surface area contributed by atoms with Gasteiger partial charge in [0.25, 0.3) is 0 Å². The van der Waals surface area contributed by atoms with Crippen molar-refractivity contribution in [3.05, 3.63) is 47.3 Å². The number of aromatic nitrogens is 2. The van der Waals surface area contributed by atoms with Gasteiger partial charge in [-0.25, -0.2) is 0 Å². The molecule has 0 bridgehead atoms. The standard InChI is InChI=1S/C13H15N3O/c1-14-13(11-4-6-15-16-11)10-2-3-12-9(8-10)5-7-17-12/h2-4,6,8,13-14H,5,7H2,1H3,(H,15,16). The molecule has 0 saturated carbocycles. The molecule has 1 aliphatic rings. The second-order valence-corrected chi connectivity index (χ2v) is 4.20. The molecule has 2 aromatic rings. The second-order valence-electron chi connectivity index (χ2n) is 4.20. The summed E-state index contributed by atoms with van der Waals surface area (Å²) in [4.78, 5) is 0. The molecule has 0 saturated heterocycles. The number of H-pyrrole nitrogens is 1. The molecule has 4 nitrogen and oxygen atoms in total. The Bertz CT molecular complexity index is 507. The van der Waals surface area contributed by atoms with Crippen molar-refractivity contribution >= 4 is 0 Å². The lowest BCUT2D eigenvalue weighted by Crippen LogP contribution is -2.18. The summed E-state index contributed by atoms with van der Waals surface area (Å²) in [5.74, 6) is 1.02. The van der Waals surface area contributed by atoms with Crippen LogP contribution in [0.15, 0.2) is 30.5 Å². The van der Waals surface area contributed by atoms with Crippen molar-refractivity contribution < 1.29 is 4.74 Å². The number of hydrogen-bond donors (Lipinski definition) is 2. The highest BCUT2D eigenvalue weighted by Gasteiger charge is 2.17. The molecule has 1 aliphatic heterocycles. The summed E-state index contributed by atoms with van der Waals surface area (Å²) < 4.78 is 5.52. The lowest BCUT2D eigenvalue weighted by molar-refractivity contribution is 0.357. The normalized spacial score (nSPS) is 15.4. The highest BCUT2D eigenvalue weighted by Crippen LogP contribution is 2.29. The number of nitrogens with one attached hydrogen (secondary N) is 2. The maximum Gasteiger partial charge on any atom is 0.122 e. The first-order chi connectivity index (χ1) is 8.38. The van der Waals surface area contributed by atoms with Gasteiger partial charge in [0, 0.05) is 12.6 Å². The molecule has 2 heterocycles. The van der Waals surface area contributed by atoms with Crippen LogP contribution in [0.4, 0.5) is 0 Å². The number of nitrogens with zero attached hydrogens (tertiary/aromatic N) is 1. The molecule has 4 heteroatoms. The Morgan fingerprint density at radius 2 is 2.35 bits per heavy atom. The summed E-state index contributed by atoms with van der Waals surface area (Å²) in [5.41, 5.74) is 3.61. The zero-order chi connectivity index (χ0) is 11.7. The van der Waals surface area contributed by atoms with Gasteiger partial charge in [0.2, 0.25) is 0 Å². The van der Waals surface area contributed by atoms with Gasteiger partial charge in [-0.1, -0.05) is 12.1 Å². The zero-order valence-corrected chi connectivity index (χ0v) is 9.73. The van der Waals surface area contributed by atoms with E-state index in [1.165, 1.54) is 11.1 Å². The van der Waals surface area contributed by atoms with Crippen molar-refractivity contribution in [1.82, 2.24) is 15.5 Å². The van der Waals surface area contributed by atoms with Crippen LogP contribution < -0.4 is 10.1 Å². The SMILES string of the molecule is CNC(c1ccc2c(c1)CCO2)c1ccn[nH]1. The lowest BCUT2D eigenvalue weighted by atomic mass is 10.0. The Hall–Kier alpha value is -1.81. The first-order valence-corrected chi connectivity index (χ1v) is 5.80. The van der Waals surface area contributed by atoms with Crippen molar-refractivity contribution in [3.8, 4) is 5.75 Å². The van der Waals surface area contributed by atoms with Crippen molar-refractivity contribution in [3.63, 3.8) is 0 Å². The van der Waals surface area contributed by atoms with Crippen LogP contribution in [0.1, 0.15) is 22.9 Å². The molecule has 1 aromatic heterocycles. The van der Waals surface area contributed by atoms with Crippen molar-refractivity contribution in [2.24, 2.45) is 0 Å². The minimum atomic E-state index is 0.156. The number of rotatable bonds is 3. The minimum Gasteiger partial charge on any atom is -0.493 e. The Balaban J connectivity index is 1.97. The zero-order valence-electron chi connectivity index (χ0n) is 9.73.